The van der Waals surface area contributed by atoms with E-state index in [2.05, 4.69) is 27.8 Å². The summed E-state index contributed by atoms with van der Waals surface area (Å²) < 4.78 is 6.82. The average Bonchev–Trinajstić information content (AvgIpc) is 2.74. The highest BCUT2D eigenvalue weighted by Crippen LogP contribution is 2.37. The Hall–Kier alpha value is -1.03. The predicted molar refractivity (Wildman–Crippen MR) is 76.5 cm³/mol. The first-order valence-corrected chi connectivity index (χ1v) is 7.28. The molecule has 1 fully saturated rings. The number of fused-ring (bicyclic) bond motifs is 1. The lowest BCUT2D eigenvalue weighted by Gasteiger charge is -2.23. The molecular weight excluding hydrogens is 292 g/mol. The van der Waals surface area contributed by atoms with Crippen molar-refractivity contribution >= 4 is 32.7 Å². The lowest BCUT2D eigenvalue weighted by Crippen LogP contribution is -2.10. The van der Waals surface area contributed by atoms with Crippen molar-refractivity contribution in [2.24, 2.45) is 5.92 Å². The van der Waals surface area contributed by atoms with E-state index in [1.165, 1.54) is 25.7 Å². The first-order chi connectivity index (χ1) is 8.63. The number of aromatic nitrogens is 1. The van der Waals surface area contributed by atoms with E-state index >= 15 is 0 Å². The maximum atomic E-state index is 5.96. The van der Waals surface area contributed by atoms with Gasteiger partial charge in [0.25, 0.3) is 0 Å². The number of hydrogen-bond acceptors (Lipinski definition) is 3. The van der Waals surface area contributed by atoms with Crippen molar-refractivity contribution in [2.45, 2.75) is 38.5 Å². The third-order valence-electron chi connectivity index (χ3n) is 3.87. The van der Waals surface area contributed by atoms with Gasteiger partial charge in [-0.05, 0) is 43.7 Å². The summed E-state index contributed by atoms with van der Waals surface area (Å²) in [6, 6.07) is 3.82. The molecule has 0 amide bonds. The molecule has 2 aromatic rings. The fourth-order valence-corrected chi connectivity index (χ4v) is 3.19. The van der Waals surface area contributed by atoms with Crippen molar-refractivity contribution in [1.82, 2.24) is 4.98 Å². The second-order valence-electron chi connectivity index (χ2n) is 5.35. The first-order valence-electron chi connectivity index (χ1n) is 6.49. The second-order valence-corrected chi connectivity index (χ2v) is 6.27. The molecule has 3 rings (SSSR count). The molecule has 0 radical (unpaired) electrons. The van der Waals surface area contributed by atoms with E-state index < -0.39 is 0 Å². The fraction of sp³-hybridized carbons (Fsp3) is 0.500. The van der Waals surface area contributed by atoms with Crippen LogP contribution >= 0.6 is 15.9 Å². The Morgan fingerprint density at radius 1 is 1.28 bits per heavy atom. The van der Waals surface area contributed by atoms with E-state index in [0.29, 0.717) is 11.6 Å². The molecule has 1 saturated carbocycles. The van der Waals surface area contributed by atoms with Crippen LogP contribution in [0.5, 0.6) is 0 Å². The van der Waals surface area contributed by atoms with Gasteiger partial charge in [-0.15, -0.1) is 0 Å². The molecule has 0 saturated heterocycles. The van der Waals surface area contributed by atoms with Gasteiger partial charge in [-0.2, -0.15) is 0 Å². The van der Waals surface area contributed by atoms with Crippen LogP contribution in [0.15, 0.2) is 21.0 Å². The van der Waals surface area contributed by atoms with E-state index in [-0.39, 0.29) is 0 Å². The highest BCUT2D eigenvalue weighted by molar-refractivity contribution is 9.10. The molecule has 1 aliphatic carbocycles. The molecule has 96 valence electrons. The fourth-order valence-electron chi connectivity index (χ4n) is 2.72. The van der Waals surface area contributed by atoms with Crippen LogP contribution in [0.1, 0.15) is 44.4 Å². The molecule has 0 atom stereocenters. The minimum absolute atomic E-state index is 0.465. The number of anilines is 1. The minimum Gasteiger partial charge on any atom is -0.438 e. The molecule has 0 unspecified atom stereocenters. The smallest absolute Gasteiger partial charge is 0.198 e. The van der Waals surface area contributed by atoms with Crippen LogP contribution in [0.3, 0.4) is 0 Å². The molecule has 1 aliphatic rings. The van der Waals surface area contributed by atoms with Crippen LogP contribution in [-0.2, 0) is 0 Å². The highest BCUT2D eigenvalue weighted by atomic mass is 79.9. The normalized spacial score (nSPS) is 24.6. The summed E-state index contributed by atoms with van der Waals surface area (Å²) in [5.74, 6) is 2.17. The van der Waals surface area contributed by atoms with E-state index in [0.717, 1.165) is 27.4 Å². The molecule has 3 nitrogen and oxygen atoms in total. The standard InChI is InChI=1S/C14H17BrN2O/c1-8-2-4-9(5-3-8)14-17-12-7-10(15)6-11(16)13(12)18-14/h6-9H,2-5,16H2,1H3. The van der Waals surface area contributed by atoms with E-state index in [9.17, 15) is 0 Å². The quantitative estimate of drug-likeness (QED) is 0.791. The van der Waals surface area contributed by atoms with Crippen molar-refractivity contribution in [3.05, 3.63) is 22.5 Å². The molecule has 1 aromatic heterocycles. The zero-order valence-corrected chi connectivity index (χ0v) is 12.0. The summed E-state index contributed by atoms with van der Waals surface area (Å²) in [7, 11) is 0. The summed E-state index contributed by atoms with van der Waals surface area (Å²) in [5.41, 5.74) is 8.20. The number of oxazole rings is 1. The molecule has 2 N–H and O–H groups in total. The summed E-state index contributed by atoms with van der Waals surface area (Å²) in [6.07, 6.45) is 4.88. The number of hydrogen-bond donors (Lipinski definition) is 1. The van der Waals surface area contributed by atoms with Crippen molar-refractivity contribution in [2.75, 3.05) is 5.73 Å². The van der Waals surface area contributed by atoms with Gasteiger partial charge in [0.05, 0.1) is 5.69 Å². The maximum absolute atomic E-state index is 5.96. The number of benzene rings is 1. The van der Waals surface area contributed by atoms with Crippen molar-refractivity contribution in [3.8, 4) is 0 Å². The van der Waals surface area contributed by atoms with Gasteiger partial charge < -0.3 is 10.2 Å². The van der Waals surface area contributed by atoms with Crippen molar-refractivity contribution in [1.29, 1.82) is 0 Å². The lowest BCUT2D eigenvalue weighted by molar-refractivity contribution is 0.312. The maximum Gasteiger partial charge on any atom is 0.198 e. The van der Waals surface area contributed by atoms with Crippen LogP contribution in [0.4, 0.5) is 5.69 Å². The van der Waals surface area contributed by atoms with Crippen molar-refractivity contribution < 1.29 is 4.42 Å². The largest absolute Gasteiger partial charge is 0.438 e. The predicted octanol–water partition coefficient (Wildman–Crippen LogP) is 4.47. The summed E-state index contributed by atoms with van der Waals surface area (Å²) >= 11 is 3.43. The number of nitrogen functional groups attached to an aromatic ring is 1. The average molecular weight is 309 g/mol. The monoisotopic (exact) mass is 308 g/mol. The van der Waals surface area contributed by atoms with Gasteiger partial charge in [-0.1, -0.05) is 22.9 Å². The zero-order valence-electron chi connectivity index (χ0n) is 10.4. The molecule has 1 heterocycles. The number of nitrogens with two attached hydrogens (primary N) is 1. The van der Waals surface area contributed by atoms with Gasteiger partial charge in [0.1, 0.15) is 5.52 Å². The number of halogens is 1. The molecule has 0 spiro atoms. The zero-order chi connectivity index (χ0) is 12.7. The Morgan fingerprint density at radius 2 is 2.00 bits per heavy atom. The topological polar surface area (TPSA) is 52.0 Å². The van der Waals surface area contributed by atoms with Crippen LogP contribution in [0.2, 0.25) is 0 Å². The SMILES string of the molecule is CC1CCC(c2nc3cc(Br)cc(N)c3o2)CC1. The summed E-state index contributed by atoms with van der Waals surface area (Å²) in [6.45, 7) is 2.32. The number of nitrogens with zero attached hydrogens (tertiary/aromatic N) is 1. The van der Waals surface area contributed by atoms with E-state index in [1.807, 2.05) is 12.1 Å². The Bertz CT molecular complexity index is 570. The summed E-state index contributed by atoms with van der Waals surface area (Å²) in [4.78, 5) is 4.61. The van der Waals surface area contributed by atoms with Crippen LogP contribution < -0.4 is 5.73 Å². The Morgan fingerprint density at radius 3 is 2.72 bits per heavy atom. The molecular formula is C14H17BrN2O. The van der Waals surface area contributed by atoms with Gasteiger partial charge in [0.2, 0.25) is 0 Å². The van der Waals surface area contributed by atoms with Gasteiger partial charge >= 0.3 is 0 Å². The van der Waals surface area contributed by atoms with E-state index in [1.54, 1.807) is 0 Å². The van der Waals surface area contributed by atoms with Gasteiger partial charge in [-0.3, -0.25) is 0 Å². The second kappa shape index (κ2) is 4.57. The van der Waals surface area contributed by atoms with Crippen molar-refractivity contribution in [3.63, 3.8) is 0 Å². The highest BCUT2D eigenvalue weighted by Gasteiger charge is 2.24. The van der Waals surface area contributed by atoms with Crippen LogP contribution in [0, 0.1) is 5.92 Å². The Kier molecular flexibility index (Phi) is 3.06. The Balaban J connectivity index is 1.96. The molecule has 0 aliphatic heterocycles. The van der Waals surface area contributed by atoms with Gasteiger partial charge in [0, 0.05) is 10.4 Å². The molecule has 4 heteroatoms. The molecule has 18 heavy (non-hydrogen) atoms. The van der Waals surface area contributed by atoms with Crippen LogP contribution in [0.25, 0.3) is 11.1 Å². The lowest BCUT2D eigenvalue weighted by atomic mass is 9.83. The number of rotatable bonds is 1. The molecule has 1 aromatic carbocycles. The third kappa shape index (κ3) is 2.14. The molecule has 0 bridgehead atoms. The minimum atomic E-state index is 0.465. The first kappa shape index (κ1) is 12.0. The third-order valence-corrected chi connectivity index (χ3v) is 4.32. The van der Waals surface area contributed by atoms with Gasteiger partial charge in [-0.25, -0.2) is 4.98 Å². The van der Waals surface area contributed by atoms with E-state index in [4.69, 9.17) is 10.2 Å². The van der Waals surface area contributed by atoms with Crippen LogP contribution in [-0.4, -0.2) is 4.98 Å². The summed E-state index contributed by atoms with van der Waals surface area (Å²) in [5, 5.41) is 0. The Labute approximate surface area is 115 Å². The van der Waals surface area contributed by atoms with Gasteiger partial charge in [0.15, 0.2) is 11.5 Å².